The Morgan fingerprint density at radius 1 is 1.35 bits per heavy atom. The molecule has 0 aliphatic heterocycles. The van der Waals surface area contributed by atoms with Gasteiger partial charge in [0.2, 0.25) is 0 Å². The van der Waals surface area contributed by atoms with Crippen LogP contribution in [-0.4, -0.2) is 12.4 Å². The fourth-order valence-electron chi connectivity index (χ4n) is 3.44. The molecular formula is C18H28O2. The maximum absolute atomic E-state index is 12.8. The Morgan fingerprint density at radius 2 is 2.05 bits per heavy atom. The van der Waals surface area contributed by atoms with Gasteiger partial charge in [0, 0.05) is 17.9 Å². The number of ketones is 1. The summed E-state index contributed by atoms with van der Waals surface area (Å²) in [7, 11) is 0. The third-order valence-electron chi connectivity index (χ3n) is 5.02. The second-order valence-corrected chi connectivity index (χ2v) is 7.58. The van der Waals surface area contributed by atoms with Crippen LogP contribution in [0.15, 0.2) is 23.5 Å². The maximum atomic E-state index is 12.8. The van der Waals surface area contributed by atoms with Crippen LogP contribution in [0.5, 0.6) is 0 Å². The predicted molar refractivity (Wildman–Crippen MR) is 82.3 cm³/mol. The zero-order valence-corrected chi connectivity index (χ0v) is 13.6. The van der Waals surface area contributed by atoms with Crippen molar-refractivity contribution in [3.8, 4) is 0 Å². The molecule has 0 unspecified atom stereocenters. The van der Waals surface area contributed by atoms with Crippen molar-refractivity contribution >= 4 is 5.78 Å². The SMILES string of the molecule is CC1=CC[C@@]2(CC1)C(=O)C=C(OCC(C)C)CC2(C)C. The molecule has 2 nitrogen and oxygen atoms in total. The smallest absolute Gasteiger partial charge is 0.166 e. The lowest BCUT2D eigenvalue weighted by atomic mass is 9.54. The number of hydrogen-bond acceptors (Lipinski definition) is 2. The standard InChI is InChI=1S/C18H28O2/c1-13(2)12-20-15-10-16(19)18(17(4,5)11-15)8-6-14(3)7-9-18/h6,10,13H,7-9,11-12H2,1-5H3/t18-/m1/s1. The highest BCUT2D eigenvalue weighted by atomic mass is 16.5. The van der Waals surface area contributed by atoms with E-state index in [0.717, 1.165) is 31.4 Å². The van der Waals surface area contributed by atoms with E-state index in [1.54, 1.807) is 6.08 Å². The Balaban J connectivity index is 2.23. The molecule has 0 aromatic carbocycles. The second kappa shape index (κ2) is 5.38. The number of carbonyl (C=O) groups is 1. The first-order valence-electron chi connectivity index (χ1n) is 7.80. The molecule has 0 bridgehead atoms. The molecule has 0 N–H and O–H groups in total. The van der Waals surface area contributed by atoms with Crippen LogP contribution in [0, 0.1) is 16.7 Å². The molecular weight excluding hydrogens is 248 g/mol. The maximum Gasteiger partial charge on any atom is 0.166 e. The number of ether oxygens (including phenoxy) is 1. The summed E-state index contributed by atoms with van der Waals surface area (Å²) in [6.07, 6.45) is 7.83. The van der Waals surface area contributed by atoms with Gasteiger partial charge in [-0.05, 0) is 37.5 Å². The largest absolute Gasteiger partial charge is 0.498 e. The summed E-state index contributed by atoms with van der Waals surface area (Å²) in [5, 5.41) is 0. The summed E-state index contributed by atoms with van der Waals surface area (Å²) in [6.45, 7) is 11.6. The average molecular weight is 276 g/mol. The number of hydrogen-bond donors (Lipinski definition) is 0. The first kappa shape index (κ1) is 15.3. The average Bonchev–Trinajstić information content (AvgIpc) is 2.35. The first-order valence-corrected chi connectivity index (χ1v) is 7.80. The lowest BCUT2D eigenvalue weighted by Crippen LogP contribution is -2.47. The van der Waals surface area contributed by atoms with Crippen molar-refractivity contribution in [2.45, 2.75) is 60.3 Å². The zero-order valence-electron chi connectivity index (χ0n) is 13.6. The summed E-state index contributed by atoms with van der Waals surface area (Å²) >= 11 is 0. The van der Waals surface area contributed by atoms with E-state index in [4.69, 9.17) is 4.74 Å². The highest BCUT2D eigenvalue weighted by molar-refractivity contribution is 5.97. The summed E-state index contributed by atoms with van der Waals surface area (Å²) in [4.78, 5) is 12.8. The molecule has 2 rings (SSSR count). The molecule has 1 atom stereocenters. The van der Waals surface area contributed by atoms with E-state index >= 15 is 0 Å². The van der Waals surface area contributed by atoms with E-state index in [1.165, 1.54) is 5.57 Å². The summed E-state index contributed by atoms with van der Waals surface area (Å²) in [6, 6.07) is 0. The topological polar surface area (TPSA) is 26.3 Å². The molecule has 1 spiro atoms. The Bertz CT molecular complexity index is 454. The van der Waals surface area contributed by atoms with Crippen LogP contribution < -0.4 is 0 Å². The fraction of sp³-hybridized carbons (Fsp3) is 0.722. The van der Waals surface area contributed by atoms with Gasteiger partial charge in [-0.1, -0.05) is 39.3 Å². The van der Waals surface area contributed by atoms with E-state index in [1.807, 2.05) is 0 Å². The first-order chi connectivity index (χ1) is 9.27. The van der Waals surface area contributed by atoms with Crippen LogP contribution in [-0.2, 0) is 9.53 Å². The number of rotatable bonds is 3. The van der Waals surface area contributed by atoms with Crippen molar-refractivity contribution in [2.24, 2.45) is 16.7 Å². The van der Waals surface area contributed by atoms with E-state index in [2.05, 4.69) is 40.7 Å². The van der Waals surface area contributed by atoms with Crippen LogP contribution in [0.25, 0.3) is 0 Å². The molecule has 2 aliphatic carbocycles. The van der Waals surface area contributed by atoms with E-state index < -0.39 is 0 Å². The lowest BCUT2D eigenvalue weighted by molar-refractivity contribution is -0.134. The van der Waals surface area contributed by atoms with Gasteiger partial charge in [0.15, 0.2) is 5.78 Å². The van der Waals surface area contributed by atoms with E-state index in [9.17, 15) is 4.79 Å². The number of carbonyl (C=O) groups excluding carboxylic acids is 1. The van der Waals surface area contributed by atoms with Gasteiger partial charge in [0.25, 0.3) is 0 Å². The van der Waals surface area contributed by atoms with Crippen LogP contribution in [0.1, 0.15) is 60.3 Å². The second-order valence-electron chi connectivity index (χ2n) is 7.58. The highest BCUT2D eigenvalue weighted by Crippen LogP contribution is 2.55. The van der Waals surface area contributed by atoms with Crippen LogP contribution in [0.3, 0.4) is 0 Å². The molecule has 0 amide bonds. The normalized spacial score (nSPS) is 29.4. The Kier molecular flexibility index (Phi) is 4.13. The molecule has 0 aromatic heterocycles. The lowest BCUT2D eigenvalue weighted by Gasteiger charge is -2.49. The third-order valence-corrected chi connectivity index (χ3v) is 5.02. The van der Waals surface area contributed by atoms with Gasteiger partial charge in [-0.3, -0.25) is 4.79 Å². The molecule has 2 aliphatic rings. The Hall–Kier alpha value is -1.05. The van der Waals surface area contributed by atoms with Crippen molar-refractivity contribution in [3.05, 3.63) is 23.5 Å². The Labute approximate surface area is 123 Å². The van der Waals surface area contributed by atoms with Gasteiger partial charge >= 0.3 is 0 Å². The van der Waals surface area contributed by atoms with Crippen molar-refractivity contribution in [1.29, 1.82) is 0 Å². The molecule has 0 saturated heterocycles. The minimum atomic E-state index is -0.211. The van der Waals surface area contributed by atoms with Crippen LogP contribution in [0.2, 0.25) is 0 Å². The van der Waals surface area contributed by atoms with Crippen molar-refractivity contribution in [3.63, 3.8) is 0 Å². The van der Waals surface area contributed by atoms with Gasteiger partial charge in [-0.15, -0.1) is 0 Å². The minimum absolute atomic E-state index is 0.0255. The summed E-state index contributed by atoms with van der Waals surface area (Å²) < 4.78 is 5.83. The van der Waals surface area contributed by atoms with Gasteiger partial charge < -0.3 is 4.74 Å². The van der Waals surface area contributed by atoms with Crippen LogP contribution >= 0.6 is 0 Å². The molecule has 0 heterocycles. The monoisotopic (exact) mass is 276 g/mol. The third kappa shape index (κ3) is 2.70. The molecule has 2 heteroatoms. The predicted octanol–water partition coefficient (Wildman–Crippen LogP) is 4.66. The van der Waals surface area contributed by atoms with Crippen LogP contribution in [0.4, 0.5) is 0 Å². The zero-order chi connectivity index (χ0) is 15.0. The van der Waals surface area contributed by atoms with E-state index in [-0.39, 0.29) is 16.6 Å². The molecule has 0 radical (unpaired) electrons. The van der Waals surface area contributed by atoms with E-state index in [0.29, 0.717) is 12.5 Å². The molecule has 112 valence electrons. The number of allylic oxidation sites excluding steroid dienone is 4. The van der Waals surface area contributed by atoms with Gasteiger partial charge in [-0.2, -0.15) is 0 Å². The van der Waals surface area contributed by atoms with Gasteiger partial charge in [0.1, 0.15) is 5.76 Å². The van der Waals surface area contributed by atoms with Crippen molar-refractivity contribution in [1.82, 2.24) is 0 Å². The molecule has 0 saturated carbocycles. The molecule has 0 aromatic rings. The summed E-state index contributed by atoms with van der Waals surface area (Å²) in [5.74, 6) is 1.65. The van der Waals surface area contributed by atoms with Crippen molar-refractivity contribution < 1.29 is 9.53 Å². The van der Waals surface area contributed by atoms with Crippen molar-refractivity contribution in [2.75, 3.05) is 6.61 Å². The Morgan fingerprint density at radius 3 is 2.55 bits per heavy atom. The quantitative estimate of drug-likeness (QED) is 0.701. The summed E-state index contributed by atoms with van der Waals surface area (Å²) in [5.41, 5.74) is 1.18. The van der Waals surface area contributed by atoms with Gasteiger partial charge in [-0.25, -0.2) is 0 Å². The molecule has 0 fully saturated rings. The molecule has 20 heavy (non-hydrogen) atoms. The minimum Gasteiger partial charge on any atom is -0.498 e. The highest BCUT2D eigenvalue weighted by Gasteiger charge is 2.52. The van der Waals surface area contributed by atoms with Gasteiger partial charge in [0.05, 0.1) is 6.61 Å². The fourth-order valence-corrected chi connectivity index (χ4v) is 3.44.